The Kier molecular flexibility index (Phi) is 4.62. The quantitative estimate of drug-likeness (QED) is 0.757. The molecule has 0 heterocycles. The number of aliphatic hydroxyl groups excluding tert-OH is 1. The Labute approximate surface area is 128 Å². The molecule has 0 amide bonds. The summed E-state index contributed by atoms with van der Waals surface area (Å²) in [6.07, 6.45) is -0.779. The van der Waals surface area contributed by atoms with E-state index in [1.165, 1.54) is 31.2 Å². The van der Waals surface area contributed by atoms with Crippen molar-refractivity contribution in [3.05, 3.63) is 57.0 Å². The first-order chi connectivity index (χ1) is 9.38. The molecule has 106 valence electrons. The van der Waals surface area contributed by atoms with E-state index in [1.54, 1.807) is 0 Å². The van der Waals surface area contributed by atoms with Crippen molar-refractivity contribution in [1.82, 2.24) is 0 Å². The van der Waals surface area contributed by atoms with E-state index in [0.717, 1.165) is 6.07 Å². The van der Waals surface area contributed by atoms with E-state index in [4.69, 9.17) is 16.3 Å². The predicted molar refractivity (Wildman–Crippen MR) is 76.2 cm³/mol. The number of hydrogen-bond acceptors (Lipinski definition) is 2. The van der Waals surface area contributed by atoms with Crippen molar-refractivity contribution in [3.8, 4) is 11.5 Å². The summed E-state index contributed by atoms with van der Waals surface area (Å²) >= 11 is 8.78. The standard InChI is InChI=1S/C14H10BrClF2O2/c1-7(19)8-2-3-13(12(18)4-8)20-14-6-11(17)10(16)5-9(14)15/h2-7,19H,1H3. The van der Waals surface area contributed by atoms with Gasteiger partial charge in [0, 0.05) is 6.07 Å². The molecule has 0 aromatic heterocycles. The highest BCUT2D eigenvalue weighted by Crippen LogP contribution is 2.35. The van der Waals surface area contributed by atoms with Crippen LogP contribution in [0.25, 0.3) is 0 Å². The average Bonchev–Trinajstić information content (AvgIpc) is 2.37. The first-order valence-corrected chi connectivity index (χ1v) is 6.85. The topological polar surface area (TPSA) is 29.5 Å². The van der Waals surface area contributed by atoms with Gasteiger partial charge < -0.3 is 9.84 Å². The van der Waals surface area contributed by atoms with E-state index < -0.39 is 17.7 Å². The van der Waals surface area contributed by atoms with E-state index >= 15 is 0 Å². The third kappa shape index (κ3) is 3.29. The molecule has 0 aliphatic carbocycles. The first kappa shape index (κ1) is 15.2. The Morgan fingerprint density at radius 2 is 1.85 bits per heavy atom. The summed E-state index contributed by atoms with van der Waals surface area (Å²) in [4.78, 5) is 0. The van der Waals surface area contributed by atoms with E-state index in [1.807, 2.05) is 0 Å². The number of aliphatic hydroxyl groups is 1. The van der Waals surface area contributed by atoms with Gasteiger partial charge in [0.1, 0.15) is 11.6 Å². The molecule has 0 saturated carbocycles. The monoisotopic (exact) mass is 362 g/mol. The molecular formula is C14H10BrClF2O2. The summed E-state index contributed by atoms with van der Waals surface area (Å²) in [7, 11) is 0. The van der Waals surface area contributed by atoms with Crippen LogP contribution in [-0.2, 0) is 0 Å². The molecule has 2 aromatic carbocycles. The van der Waals surface area contributed by atoms with E-state index in [2.05, 4.69) is 15.9 Å². The van der Waals surface area contributed by atoms with Gasteiger partial charge in [0.05, 0.1) is 15.6 Å². The van der Waals surface area contributed by atoms with Gasteiger partial charge >= 0.3 is 0 Å². The summed E-state index contributed by atoms with van der Waals surface area (Å²) in [5.41, 5.74) is 0.427. The zero-order chi connectivity index (χ0) is 14.9. The van der Waals surface area contributed by atoms with Gasteiger partial charge in [-0.25, -0.2) is 8.78 Å². The zero-order valence-electron chi connectivity index (χ0n) is 10.3. The number of benzene rings is 2. The summed E-state index contributed by atoms with van der Waals surface area (Å²) in [5, 5.41) is 9.30. The lowest BCUT2D eigenvalue weighted by Gasteiger charge is -2.11. The van der Waals surface area contributed by atoms with Crippen molar-refractivity contribution in [3.63, 3.8) is 0 Å². The molecule has 0 fully saturated rings. The Hall–Kier alpha value is -1.17. The second-order valence-electron chi connectivity index (χ2n) is 4.16. The molecule has 2 aromatic rings. The lowest BCUT2D eigenvalue weighted by molar-refractivity contribution is 0.198. The van der Waals surface area contributed by atoms with Crippen LogP contribution in [0, 0.1) is 11.6 Å². The fraction of sp³-hybridized carbons (Fsp3) is 0.143. The van der Waals surface area contributed by atoms with Gasteiger partial charge in [-0.2, -0.15) is 0 Å². The average molecular weight is 364 g/mol. The summed E-state index contributed by atoms with van der Waals surface area (Å²) in [5.74, 6) is -1.27. The first-order valence-electron chi connectivity index (χ1n) is 5.68. The van der Waals surface area contributed by atoms with Crippen LogP contribution in [0.1, 0.15) is 18.6 Å². The van der Waals surface area contributed by atoms with Gasteiger partial charge in [0.15, 0.2) is 11.6 Å². The van der Waals surface area contributed by atoms with Crippen molar-refractivity contribution in [1.29, 1.82) is 0 Å². The van der Waals surface area contributed by atoms with Gasteiger partial charge in [-0.15, -0.1) is 0 Å². The molecule has 2 rings (SSSR count). The van der Waals surface area contributed by atoms with Gasteiger partial charge in [-0.05, 0) is 46.6 Å². The van der Waals surface area contributed by atoms with Crippen molar-refractivity contribution < 1.29 is 18.6 Å². The minimum absolute atomic E-state index is 0.0610. The van der Waals surface area contributed by atoms with Crippen LogP contribution in [0.15, 0.2) is 34.8 Å². The number of halogens is 4. The van der Waals surface area contributed by atoms with Gasteiger partial charge in [-0.3, -0.25) is 0 Å². The van der Waals surface area contributed by atoms with E-state index in [9.17, 15) is 13.9 Å². The highest BCUT2D eigenvalue weighted by molar-refractivity contribution is 9.10. The minimum atomic E-state index is -0.779. The largest absolute Gasteiger partial charge is 0.453 e. The van der Waals surface area contributed by atoms with Crippen molar-refractivity contribution in [2.75, 3.05) is 0 Å². The summed E-state index contributed by atoms with van der Waals surface area (Å²) in [6, 6.07) is 6.46. The normalized spacial score (nSPS) is 12.3. The molecule has 2 nitrogen and oxygen atoms in total. The van der Waals surface area contributed by atoms with Crippen LogP contribution >= 0.6 is 27.5 Å². The lowest BCUT2D eigenvalue weighted by atomic mass is 10.1. The van der Waals surface area contributed by atoms with Crippen LogP contribution < -0.4 is 4.74 Å². The molecular weight excluding hydrogens is 354 g/mol. The molecule has 0 bridgehead atoms. The van der Waals surface area contributed by atoms with Crippen LogP contribution in [0.2, 0.25) is 5.02 Å². The Balaban J connectivity index is 2.33. The molecule has 6 heteroatoms. The Morgan fingerprint density at radius 1 is 1.15 bits per heavy atom. The number of rotatable bonds is 3. The molecule has 0 spiro atoms. The predicted octanol–water partition coefficient (Wildman–Crippen LogP) is 5.23. The van der Waals surface area contributed by atoms with E-state index in [-0.39, 0.29) is 16.5 Å². The SMILES string of the molecule is CC(O)c1ccc(Oc2cc(F)c(Cl)cc2Br)c(F)c1. The highest BCUT2D eigenvalue weighted by atomic mass is 79.9. The summed E-state index contributed by atoms with van der Waals surface area (Å²) in [6.45, 7) is 1.53. The molecule has 0 aliphatic rings. The smallest absolute Gasteiger partial charge is 0.166 e. The highest BCUT2D eigenvalue weighted by Gasteiger charge is 2.13. The molecule has 20 heavy (non-hydrogen) atoms. The third-order valence-electron chi connectivity index (χ3n) is 2.63. The Bertz CT molecular complexity index is 647. The van der Waals surface area contributed by atoms with Crippen LogP contribution in [-0.4, -0.2) is 5.11 Å². The number of ether oxygens (including phenoxy) is 1. The maximum absolute atomic E-state index is 13.8. The second kappa shape index (κ2) is 6.08. The zero-order valence-corrected chi connectivity index (χ0v) is 12.7. The third-order valence-corrected chi connectivity index (χ3v) is 3.54. The lowest BCUT2D eigenvalue weighted by Crippen LogP contribution is -1.95. The number of hydrogen-bond donors (Lipinski definition) is 1. The fourth-order valence-electron chi connectivity index (χ4n) is 1.56. The second-order valence-corrected chi connectivity index (χ2v) is 5.43. The van der Waals surface area contributed by atoms with Crippen LogP contribution in [0.4, 0.5) is 8.78 Å². The molecule has 1 unspecified atom stereocenters. The summed E-state index contributed by atoms with van der Waals surface area (Å²) < 4.78 is 32.9. The van der Waals surface area contributed by atoms with Crippen LogP contribution in [0.3, 0.4) is 0 Å². The maximum atomic E-state index is 13.8. The van der Waals surface area contributed by atoms with Gasteiger partial charge in [0.2, 0.25) is 0 Å². The van der Waals surface area contributed by atoms with Crippen LogP contribution in [0.5, 0.6) is 11.5 Å². The van der Waals surface area contributed by atoms with Crippen molar-refractivity contribution in [2.45, 2.75) is 13.0 Å². The fourth-order valence-corrected chi connectivity index (χ4v) is 2.28. The Morgan fingerprint density at radius 3 is 2.45 bits per heavy atom. The van der Waals surface area contributed by atoms with Gasteiger partial charge in [0.25, 0.3) is 0 Å². The van der Waals surface area contributed by atoms with Crippen molar-refractivity contribution in [2.24, 2.45) is 0 Å². The minimum Gasteiger partial charge on any atom is -0.453 e. The molecule has 1 atom stereocenters. The maximum Gasteiger partial charge on any atom is 0.166 e. The van der Waals surface area contributed by atoms with Gasteiger partial charge in [-0.1, -0.05) is 17.7 Å². The molecule has 0 saturated heterocycles. The molecule has 0 aliphatic heterocycles. The van der Waals surface area contributed by atoms with Crippen molar-refractivity contribution >= 4 is 27.5 Å². The molecule has 0 radical (unpaired) electrons. The molecule has 1 N–H and O–H groups in total. The van der Waals surface area contributed by atoms with E-state index in [0.29, 0.717) is 10.0 Å².